The Morgan fingerprint density at radius 3 is 2.21 bits per heavy atom. The number of hydrogen-bond acceptors (Lipinski definition) is 3. The molecule has 4 nitrogen and oxygen atoms in total. The first kappa shape index (κ1) is 28.0. The van der Waals surface area contributed by atoms with Gasteiger partial charge in [0, 0.05) is 11.5 Å². The Morgan fingerprint density at radius 2 is 1.58 bits per heavy atom. The highest BCUT2D eigenvalue weighted by atomic mass is 16.5. The van der Waals surface area contributed by atoms with Crippen LogP contribution in [0.4, 0.5) is 0 Å². The van der Waals surface area contributed by atoms with Crippen LogP contribution in [0.25, 0.3) is 0 Å². The van der Waals surface area contributed by atoms with Crippen LogP contribution in [0.3, 0.4) is 0 Å². The van der Waals surface area contributed by atoms with Crippen LogP contribution < -0.4 is 0 Å². The van der Waals surface area contributed by atoms with Gasteiger partial charge in [0.25, 0.3) is 0 Å². The van der Waals surface area contributed by atoms with Gasteiger partial charge in [0.2, 0.25) is 0 Å². The summed E-state index contributed by atoms with van der Waals surface area (Å²) in [7, 11) is 0. The fourth-order valence-corrected chi connectivity index (χ4v) is 12.0. The maximum absolute atomic E-state index is 12.9. The van der Waals surface area contributed by atoms with E-state index in [9.17, 15) is 14.7 Å². The van der Waals surface area contributed by atoms with Crippen LogP contribution >= 0.6 is 0 Å². The second-order valence-corrected chi connectivity index (χ2v) is 15.4. The van der Waals surface area contributed by atoms with E-state index in [-0.39, 0.29) is 39.7 Å². The predicted molar refractivity (Wildman–Crippen MR) is 151 cm³/mol. The SMILES string of the molecule is C=C(C)C1CC[C@]2(C(=O)O)CC[C@]3(C)[C@H](CC[C@@H]4[C@@]5(C)CC[C@H](OC(=O)/C=C/C)C(C)(C)[C@@H]5CC[C@]43C)[C@@H]12. The van der Waals surface area contributed by atoms with Gasteiger partial charge in [0.05, 0.1) is 5.41 Å². The van der Waals surface area contributed by atoms with Gasteiger partial charge in [0.15, 0.2) is 0 Å². The summed E-state index contributed by atoms with van der Waals surface area (Å²) in [6.45, 7) is 20.8. The lowest BCUT2D eigenvalue weighted by atomic mass is 9.32. The van der Waals surface area contributed by atoms with Gasteiger partial charge >= 0.3 is 11.9 Å². The molecule has 5 saturated carbocycles. The normalized spacial score (nSPS) is 49.3. The minimum absolute atomic E-state index is 0.0405. The first-order chi connectivity index (χ1) is 17.7. The minimum atomic E-state index is -0.561. The van der Waals surface area contributed by atoms with Crippen LogP contribution in [0, 0.1) is 56.7 Å². The molecule has 1 N–H and O–H groups in total. The molecular formula is C34H52O4. The van der Waals surface area contributed by atoms with Gasteiger partial charge in [-0.15, -0.1) is 0 Å². The molecule has 5 aliphatic carbocycles. The molecule has 0 aromatic carbocycles. The molecule has 5 aliphatic rings. The molecule has 0 radical (unpaired) electrons. The summed E-state index contributed by atoms with van der Waals surface area (Å²) in [6, 6.07) is 0. The van der Waals surface area contributed by atoms with Crippen LogP contribution in [0.5, 0.6) is 0 Å². The summed E-state index contributed by atoms with van der Waals surface area (Å²) in [6.07, 6.45) is 13.6. The summed E-state index contributed by atoms with van der Waals surface area (Å²) in [4.78, 5) is 25.3. The molecule has 0 aliphatic heterocycles. The number of esters is 1. The van der Waals surface area contributed by atoms with Crippen molar-refractivity contribution in [2.75, 3.05) is 0 Å². The Bertz CT molecular complexity index is 1040. The van der Waals surface area contributed by atoms with Crippen LogP contribution in [-0.2, 0) is 14.3 Å². The summed E-state index contributed by atoms with van der Waals surface area (Å²) in [5.41, 5.74) is 1.11. The number of fused-ring (bicyclic) bond motifs is 7. The molecule has 0 aromatic rings. The van der Waals surface area contributed by atoms with E-state index in [0.717, 1.165) is 51.4 Å². The fraction of sp³-hybridized carbons (Fsp3) is 0.824. The monoisotopic (exact) mass is 524 g/mol. The maximum Gasteiger partial charge on any atom is 0.330 e. The number of carboxylic acid groups (broad SMARTS) is 1. The molecule has 0 heterocycles. The number of aliphatic carboxylic acids is 1. The molecule has 0 bridgehead atoms. The zero-order chi connectivity index (χ0) is 27.9. The number of hydrogen-bond donors (Lipinski definition) is 1. The highest BCUT2D eigenvalue weighted by Crippen LogP contribution is 2.77. The highest BCUT2D eigenvalue weighted by molar-refractivity contribution is 5.82. The van der Waals surface area contributed by atoms with Crippen molar-refractivity contribution in [3.8, 4) is 0 Å². The van der Waals surface area contributed by atoms with Crippen LogP contribution in [0.15, 0.2) is 24.3 Å². The molecule has 5 fully saturated rings. The van der Waals surface area contributed by atoms with Crippen LogP contribution in [0.2, 0.25) is 0 Å². The molecular weight excluding hydrogens is 472 g/mol. The van der Waals surface area contributed by atoms with E-state index in [1.54, 1.807) is 12.2 Å². The highest BCUT2D eigenvalue weighted by Gasteiger charge is 2.72. The fourth-order valence-electron chi connectivity index (χ4n) is 12.0. The Labute approximate surface area is 231 Å². The smallest absolute Gasteiger partial charge is 0.330 e. The quantitative estimate of drug-likeness (QED) is 0.229. The van der Waals surface area contributed by atoms with Crippen molar-refractivity contribution in [3.05, 3.63) is 24.3 Å². The lowest BCUT2D eigenvalue weighted by Gasteiger charge is -2.72. The van der Waals surface area contributed by atoms with E-state index >= 15 is 0 Å². The summed E-state index contributed by atoms with van der Waals surface area (Å²) < 4.78 is 6.03. The zero-order valence-corrected chi connectivity index (χ0v) is 25.1. The second-order valence-electron chi connectivity index (χ2n) is 15.4. The third-order valence-electron chi connectivity index (χ3n) is 14.0. The van der Waals surface area contributed by atoms with Crippen molar-refractivity contribution >= 4 is 11.9 Å². The molecule has 0 spiro atoms. The Morgan fingerprint density at radius 1 is 0.868 bits per heavy atom. The van der Waals surface area contributed by atoms with Gasteiger partial charge in [0.1, 0.15) is 6.10 Å². The van der Waals surface area contributed by atoms with Crippen LogP contribution in [0.1, 0.15) is 113 Å². The molecule has 0 amide bonds. The average molecular weight is 525 g/mol. The molecule has 4 heteroatoms. The van der Waals surface area contributed by atoms with Gasteiger partial charge in [-0.25, -0.2) is 4.79 Å². The summed E-state index contributed by atoms with van der Waals surface area (Å²) in [5.74, 6) is 1.37. The Kier molecular flexibility index (Phi) is 6.60. The number of carbonyl (C=O) groups excluding carboxylic acids is 1. The molecule has 5 rings (SSSR count). The lowest BCUT2D eigenvalue weighted by molar-refractivity contribution is -0.250. The van der Waals surface area contributed by atoms with Gasteiger partial charge in [-0.1, -0.05) is 52.8 Å². The predicted octanol–water partition coefficient (Wildman–Crippen LogP) is 8.22. The summed E-state index contributed by atoms with van der Waals surface area (Å²) in [5, 5.41) is 10.6. The van der Waals surface area contributed by atoms with E-state index in [1.807, 2.05) is 6.92 Å². The number of rotatable bonds is 4. The molecule has 38 heavy (non-hydrogen) atoms. The number of allylic oxidation sites excluding steroid dienone is 2. The summed E-state index contributed by atoms with van der Waals surface area (Å²) >= 11 is 0. The van der Waals surface area contributed by atoms with E-state index in [1.165, 1.54) is 18.4 Å². The average Bonchev–Trinajstić information content (AvgIpc) is 3.23. The van der Waals surface area contributed by atoms with Crippen LogP contribution in [-0.4, -0.2) is 23.1 Å². The molecule has 1 unspecified atom stereocenters. The van der Waals surface area contributed by atoms with Crippen molar-refractivity contribution in [2.45, 2.75) is 119 Å². The first-order valence-corrected chi connectivity index (χ1v) is 15.4. The number of carboxylic acids is 1. The molecule has 0 saturated heterocycles. The van der Waals surface area contributed by atoms with Gasteiger partial charge < -0.3 is 9.84 Å². The van der Waals surface area contributed by atoms with E-state index in [4.69, 9.17) is 4.74 Å². The maximum atomic E-state index is 12.9. The topological polar surface area (TPSA) is 63.6 Å². The molecule has 0 aromatic heterocycles. The second kappa shape index (κ2) is 8.96. The van der Waals surface area contributed by atoms with Gasteiger partial charge in [-0.2, -0.15) is 0 Å². The van der Waals surface area contributed by atoms with Crippen molar-refractivity contribution in [3.63, 3.8) is 0 Å². The molecule has 212 valence electrons. The largest absolute Gasteiger partial charge is 0.481 e. The molecule has 10 atom stereocenters. The van der Waals surface area contributed by atoms with Crippen molar-refractivity contribution < 1.29 is 19.4 Å². The van der Waals surface area contributed by atoms with E-state index in [2.05, 4.69) is 48.1 Å². The third kappa shape index (κ3) is 3.53. The number of carbonyl (C=O) groups is 2. The third-order valence-corrected chi connectivity index (χ3v) is 14.0. The van der Waals surface area contributed by atoms with Gasteiger partial charge in [-0.3, -0.25) is 4.79 Å². The van der Waals surface area contributed by atoms with E-state index in [0.29, 0.717) is 23.7 Å². The van der Waals surface area contributed by atoms with Crippen molar-refractivity contribution in [1.29, 1.82) is 0 Å². The van der Waals surface area contributed by atoms with Gasteiger partial charge in [-0.05, 0) is 124 Å². The van der Waals surface area contributed by atoms with Crippen molar-refractivity contribution in [2.24, 2.45) is 56.7 Å². The zero-order valence-electron chi connectivity index (χ0n) is 25.1. The number of ether oxygens (including phenoxy) is 1. The minimum Gasteiger partial charge on any atom is -0.481 e. The standard InChI is InChI=1S/C34H52O4/c1-9-10-27(35)38-26-15-16-31(6)24(30(26,4)5)14-17-33(8)25(31)12-11-23-28-22(21(2)3)13-18-34(28,29(36)37)20-19-32(23,33)7/h9-10,22-26,28H,2,11-20H2,1,3-8H3,(H,36,37)/b10-9+/t22?,23-,24+,25-,26+,28-,31+,32-,33-,34+/m1/s1. The lowest BCUT2D eigenvalue weighted by Crippen LogP contribution is -2.67. The Balaban J connectivity index is 1.49. The Hall–Kier alpha value is -1.58. The first-order valence-electron chi connectivity index (χ1n) is 15.4. The van der Waals surface area contributed by atoms with Crippen molar-refractivity contribution in [1.82, 2.24) is 0 Å². The van der Waals surface area contributed by atoms with E-state index < -0.39 is 11.4 Å².